The topological polar surface area (TPSA) is 142 Å². The van der Waals surface area contributed by atoms with Crippen LogP contribution in [0.4, 0.5) is 5.69 Å². The first kappa shape index (κ1) is 28.9. The van der Waals surface area contributed by atoms with Crippen molar-refractivity contribution >= 4 is 28.8 Å². The Balaban J connectivity index is 1.48. The number of aliphatic hydroxyl groups is 3. The quantitative estimate of drug-likeness (QED) is 0.384. The van der Waals surface area contributed by atoms with Crippen LogP contribution in [0.15, 0.2) is 23.0 Å². The summed E-state index contributed by atoms with van der Waals surface area (Å²) in [7, 11) is 7.05. The Labute approximate surface area is 245 Å². The van der Waals surface area contributed by atoms with Gasteiger partial charge in [0.05, 0.1) is 11.6 Å². The molecule has 4 aliphatic carbocycles. The highest BCUT2D eigenvalue weighted by atomic mass is 16.3. The van der Waals surface area contributed by atoms with Crippen LogP contribution < -0.4 is 4.90 Å². The SMILES string of the molecule is CC(=O)C1=C(O)[C@@]2(O)C(=O)C3=C(O)c4c(O)c(CN5CC6CCCC6C5)cc(N(C)C)c4C[C@H]3C[C@H]2[C@H](N(C)C)C1=O. The number of phenolic OH excluding ortho intramolecular Hbond substituents is 1. The molecule has 6 atom stereocenters. The molecule has 1 heterocycles. The van der Waals surface area contributed by atoms with E-state index in [2.05, 4.69) is 4.90 Å². The first-order valence-electron chi connectivity index (χ1n) is 14.9. The Morgan fingerprint density at radius 2 is 1.71 bits per heavy atom. The summed E-state index contributed by atoms with van der Waals surface area (Å²) in [5.74, 6) is -4.04. The highest BCUT2D eigenvalue weighted by molar-refractivity contribution is 6.25. The minimum atomic E-state index is -2.56. The van der Waals surface area contributed by atoms with E-state index in [9.17, 15) is 34.8 Å². The molecule has 0 spiro atoms. The summed E-state index contributed by atoms with van der Waals surface area (Å²) in [5, 5.41) is 46.4. The molecule has 2 saturated carbocycles. The number of aromatic hydroxyl groups is 1. The lowest BCUT2D eigenvalue weighted by molar-refractivity contribution is -0.153. The summed E-state index contributed by atoms with van der Waals surface area (Å²) in [6.07, 6.45) is 4.13. The van der Waals surface area contributed by atoms with Gasteiger partial charge in [-0.3, -0.25) is 24.2 Å². The normalized spacial score (nSPS) is 32.7. The second-order valence-electron chi connectivity index (χ2n) is 13.5. The Bertz CT molecular complexity index is 1450. The summed E-state index contributed by atoms with van der Waals surface area (Å²) in [6.45, 7) is 3.56. The molecule has 6 rings (SSSR count). The highest BCUT2D eigenvalue weighted by Crippen LogP contribution is 2.54. The summed E-state index contributed by atoms with van der Waals surface area (Å²) < 4.78 is 0. The van der Waals surface area contributed by atoms with Gasteiger partial charge in [-0.05, 0) is 76.1 Å². The van der Waals surface area contributed by atoms with E-state index in [1.165, 1.54) is 19.3 Å². The van der Waals surface area contributed by atoms with Gasteiger partial charge in [0.15, 0.2) is 17.2 Å². The second kappa shape index (κ2) is 9.92. The third kappa shape index (κ3) is 3.98. The van der Waals surface area contributed by atoms with E-state index in [0.29, 0.717) is 35.9 Å². The molecule has 0 aromatic heterocycles. The molecule has 1 saturated heterocycles. The first-order chi connectivity index (χ1) is 19.8. The van der Waals surface area contributed by atoms with Crippen LogP contribution in [0.3, 0.4) is 0 Å². The van der Waals surface area contributed by atoms with Crippen LogP contribution in [0.25, 0.3) is 5.76 Å². The summed E-state index contributed by atoms with van der Waals surface area (Å²) in [5.41, 5.74) is -0.907. The van der Waals surface area contributed by atoms with E-state index >= 15 is 0 Å². The van der Waals surface area contributed by atoms with E-state index in [1.807, 2.05) is 25.1 Å². The molecular weight excluding hydrogens is 538 g/mol. The number of nitrogens with zero attached hydrogens (tertiary/aromatic N) is 3. The fourth-order valence-corrected chi connectivity index (χ4v) is 8.67. The number of rotatable bonds is 5. The van der Waals surface area contributed by atoms with Crippen molar-refractivity contribution in [2.24, 2.45) is 23.7 Å². The zero-order chi connectivity index (χ0) is 30.4. The van der Waals surface area contributed by atoms with Gasteiger partial charge in [-0.15, -0.1) is 0 Å². The van der Waals surface area contributed by atoms with E-state index < -0.39 is 57.9 Å². The number of hydrogen-bond acceptors (Lipinski definition) is 10. The lowest BCUT2D eigenvalue weighted by atomic mass is 9.57. The lowest BCUT2D eigenvalue weighted by Gasteiger charge is -2.50. The number of ketones is 3. The molecular formula is C32H41N3O7. The predicted octanol–water partition coefficient (Wildman–Crippen LogP) is 2.37. The van der Waals surface area contributed by atoms with E-state index in [1.54, 1.807) is 19.0 Å². The molecule has 1 aromatic carbocycles. The number of anilines is 1. The Morgan fingerprint density at radius 1 is 1.07 bits per heavy atom. The van der Waals surface area contributed by atoms with Gasteiger partial charge in [-0.2, -0.15) is 0 Å². The van der Waals surface area contributed by atoms with Crippen molar-refractivity contribution in [1.29, 1.82) is 0 Å². The van der Waals surface area contributed by atoms with Crippen LogP contribution in [0.5, 0.6) is 5.75 Å². The number of Topliss-reactive ketones (excluding diaryl/α,β-unsaturated/α-hetero) is 3. The van der Waals surface area contributed by atoms with Crippen molar-refractivity contribution in [2.75, 3.05) is 46.2 Å². The molecule has 10 nitrogen and oxygen atoms in total. The molecule has 4 N–H and O–H groups in total. The zero-order valence-electron chi connectivity index (χ0n) is 25.0. The van der Waals surface area contributed by atoms with Gasteiger partial charge in [0.2, 0.25) is 5.78 Å². The van der Waals surface area contributed by atoms with Gasteiger partial charge in [0, 0.05) is 56.5 Å². The van der Waals surface area contributed by atoms with E-state index in [0.717, 1.165) is 25.7 Å². The number of carbonyl (C=O) groups is 3. The molecule has 1 aromatic rings. The van der Waals surface area contributed by atoms with Gasteiger partial charge in [0.1, 0.15) is 22.8 Å². The molecule has 0 bridgehead atoms. The number of likely N-dealkylation sites (tertiary alicyclic amines) is 1. The molecule has 10 heteroatoms. The number of phenols is 1. The fourth-order valence-electron chi connectivity index (χ4n) is 8.67. The monoisotopic (exact) mass is 579 g/mol. The number of carbonyl (C=O) groups excluding carboxylic acids is 3. The average molecular weight is 580 g/mol. The first-order valence-corrected chi connectivity index (χ1v) is 14.9. The van der Waals surface area contributed by atoms with E-state index in [-0.39, 0.29) is 23.3 Å². The smallest absolute Gasteiger partial charge is 0.202 e. The maximum atomic E-state index is 14.2. The van der Waals surface area contributed by atoms with Crippen LogP contribution in [0, 0.1) is 23.7 Å². The largest absolute Gasteiger partial charge is 0.508 e. The predicted molar refractivity (Wildman–Crippen MR) is 156 cm³/mol. The minimum Gasteiger partial charge on any atom is -0.508 e. The van der Waals surface area contributed by atoms with Gasteiger partial charge in [-0.25, -0.2) is 0 Å². The van der Waals surface area contributed by atoms with E-state index in [4.69, 9.17) is 0 Å². The number of likely N-dealkylation sites (N-methyl/N-ethyl adjacent to an activating group) is 1. The third-order valence-corrected chi connectivity index (χ3v) is 10.6. The molecule has 5 aliphatic rings. The molecule has 0 amide bonds. The molecule has 2 unspecified atom stereocenters. The molecule has 42 heavy (non-hydrogen) atoms. The van der Waals surface area contributed by atoms with Crippen LogP contribution in [0.2, 0.25) is 0 Å². The fraction of sp³-hybridized carbons (Fsp3) is 0.594. The van der Waals surface area contributed by atoms with Crippen molar-refractivity contribution in [3.63, 3.8) is 0 Å². The molecule has 3 fully saturated rings. The van der Waals surface area contributed by atoms with Gasteiger partial charge in [0.25, 0.3) is 0 Å². The standard InChI is InChI=1S/C32H41N3O7/c1-15(36)23-29(39)26(34(4)5)21-10-18-9-20-22(33(2)3)11-19(14-35-12-16-7-6-8-17(16)13-35)27(37)25(20)28(38)24(18)31(41)32(21,42)30(23)40/h11,16-18,21,26,37-38,40,42H,6-10,12-14H2,1-5H3/t16?,17?,18-,21-,26-,32+/m0/s1. The van der Waals surface area contributed by atoms with Crippen molar-refractivity contribution in [3.05, 3.63) is 39.7 Å². The molecule has 226 valence electrons. The maximum Gasteiger partial charge on any atom is 0.202 e. The van der Waals surface area contributed by atoms with Crippen molar-refractivity contribution < 1.29 is 34.8 Å². The lowest BCUT2D eigenvalue weighted by Crippen LogP contribution is -2.65. The Morgan fingerprint density at radius 3 is 2.29 bits per heavy atom. The Kier molecular flexibility index (Phi) is 6.83. The van der Waals surface area contributed by atoms with Gasteiger partial charge < -0.3 is 25.3 Å². The summed E-state index contributed by atoms with van der Waals surface area (Å²) >= 11 is 0. The number of benzene rings is 1. The summed E-state index contributed by atoms with van der Waals surface area (Å²) in [6, 6.07) is 0.935. The Hall–Kier alpha value is -3.21. The van der Waals surface area contributed by atoms with Crippen LogP contribution in [0.1, 0.15) is 49.3 Å². The van der Waals surface area contributed by atoms with Crippen LogP contribution in [-0.4, -0.2) is 100 Å². The third-order valence-electron chi connectivity index (χ3n) is 10.6. The molecule has 1 aliphatic heterocycles. The van der Waals surface area contributed by atoms with Gasteiger partial charge in [-0.1, -0.05) is 6.42 Å². The van der Waals surface area contributed by atoms with Gasteiger partial charge >= 0.3 is 0 Å². The number of fused-ring (bicyclic) bond motifs is 4. The number of hydrogen-bond donors (Lipinski definition) is 4. The average Bonchev–Trinajstić information content (AvgIpc) is 3.49. The molecule has 0 radical (unpaired) electrons. The van der Waals surface area contributed by atoms with Crippen molar-refractivity contribution in [2.45, 2.75) is 57.2 Å². The van der Waals surface area contributed by atoms with Crippen molar-refractivity contribution in [1.82, 2.24) is 9.80 Å². The van der Waals surface area contributed by atoms with Crippen LogP contribution in [-0.2, 0) is 27.3 Å². The second-order valence-corrected chi connectivity index (χ2v) is 13.5. The van der Waals surface area contributed by atoms with Crippen molar-refractivity contribution in [3.8, 4) is 5.75 Å². The highest BCUT2D eigenvalue weighted by Gasteiger charge is 2.64. The zero-order valence-corrected chi connectivity index (χ0v) is 25.0. The summed E-state index contributed by atoms with van der Waals surface area (Å²) in [4.78, 5) is 45.8. The minimum absolute atomic E-state index is 0.0876. The number of aliphatic hydroxyl groups excluding tert-OH is 2. The maximum absolute atomic E-state index is 14.2. The van der Waals surface area contributed by atoms with Crippen LogP contribution >= 0.6 is 0 Å².